The van der Waals surface area contributed by atoms with Crippen molar-refractivity contribution in [3.63, 3.8) is 0 Å². The van der Waals surface area contributed by atoms with Gasteiger partial charge in [-0.3, -0.25) is 4.79 Å². The molecular formula is C40H38N2O2. The van der Waals surface area contributed by atoms with Gasteiger partial charge in [0.15, 0.2) is 11.5 Å². The third-order valence-corrected chi connectivity index (χ3v) is 10.5. The van der Waals surface area contributed by atoms with E-state index in [2.05, 4.69) is 109 Å². The van der Waals surface area contributed by atoms with Crippen molar-refractivity contribution in [2.24, 2.45) is 0 Å². The molecule has 0 spiro atoms. The maximum absolute atomic E-state index is 13.8. The van der Waals surface area contributed by atoms with Gasteiger partial charge in [0.05, 0.1) is 5.41 Å². The molecule has 2 aliphatic carbocycles. The fraction of sp³-hybridized carbons (Fsp3) is 0.300. The van der Waals surface area contributed by atoms with Gasteiger partial charge in [-0.05, 0) is 78.9 Å². The highest BCUT2D eigenvalue weighted by molar-refractivity contribution is 6.40. The van der Waals surface area contributed by atoms with Crippen molar-refractivity contribution in [2.45, 2.75) is 70.3 Å². The van der Waals surface area contributed by atoms with Crippen LogP contribution < -0.4 is 10.0 Å². The minimum absolute atomic E-state index is 0.129. The van der Waals surface area contributed by atoms with Gasteiger partial charge in [-0.2, -0.15) is 4.58 Å². The summed E-state index contributed by atoms with van der Waals surface area (Å²) in [5.74, 6) is 0.173. The summed E-state index contributed by atoms with van der Waals surface area (Å²) in [5, 5.41) is 16.3. The molecule has 220 valence electrons. The molecule has 4 aliphatic rings. The summed E-state index contributed by atoms with van der Waals surface area (Å²) in [6, 6.07) is 30.2. The zero-order chi connectivity index (χ0) is 30.2. The van der Waals surface area contributed by atoms with E-state index in [1.54, 1.807) is 0 Å². The van der Waals surface area contributed by atoms with Crippen LogP contribution >= 0.6 is 0 Å². The van der Waals surface area contributed by atoms with E-state index in [4.69, 9.17) is 0 Å². The first-order valence-electron chi connectivity index (χ1n) is 16.2. The van der Waals surface area contributed by atoms with E-state index >= 15 is 0 Å². The van der Waals surface area contributed by atoms with Crippen molar-refractivity contribution in [1.82, 2.24) is 0 Å². The summed E-state index contributed by atoms with van der Waals surface area (Å²) in [7, 11) is 0. The van der Waals surface area contributed by atoms with E-state index in [9.17, 15) is 9.90 Å². The average Bonchev–Trinajstić information content (AvgIpc) is 3.69. The topological polar surface area (TPSA) is 46.4 Å². The number of Topliss-reactive ketones (excluding diaryl/α,β-unsaturated/α-hetero) is 1. The second-order valence-electron chi connectivity index (χ2n) is 13.4. The molecule has 0 radical (unpaired) electrons. The third kappa shape index (κ3) is 3.83. The molecule has 0 aromatic heterocycles. The van der Waals surface area contributed by atoms with Crippen molar-refractivity contribution in [2.75, 3.05) is 11.4 Å². The average molecular weight is 579 g/mol. The summed E-state index contributed by atoms with van der Waals surface area (Å²) >= 11 is 0. The van der Waals surface area contributed by atoms with Gasteiger partial charge in [0.25, 0.3) is 0 Å². The highest BCUT2D eigenvalue weighted by Gasteiger charge is 2.47. The maximum Gasteiger partial charge on any atom is 0.210 e. The van der Waals surface area contributed by atoms with Gasteiger partial charge in [0.2, 0.25) is 5.69 Å². The van der Waals surface area contributed by atoms with Crippen molar-refractivity contribution < 1.29 is 14.5 Å². The SMILES string of the molecule is CCCC[N+]1=C(/C=C2\C(=O)C(c3ccc4c(c3)C3CCCC3N4c3ccccc3)=C2[O-])C(C)(C)c2c1ccc1ccccc21. The molecule has 2 atom stereocenters. The molecule has 4 aromatic carbocycles. The molecule has 2 unspecified atom stereocenters. The minimum atomic E-state index is -0.348. The first-order valence-corrected chi connectivity index (χ1v) is 16.2. The largest absolute Gasteiger partial charge is 0.871 e. The van der Waals surface area contributed by atoms with E-state index in [1.165, 1.54) is 45.4 Å². The molecule has 1 fully saturated rings. The van der Waals surface area contributed by atoms with Crippen LogP contribution in [0.5, 0.6) is 0 Å². The fourth-order valence-corrected chi connectivity index (χ4v) is 8.43. The number of ketones is 1. The minimum Gasteiger partial charge on any atom is -0.871 e. The highest BCUT2D eigenvalue weighted by atomic mass is 16.3. The number of rotatable bonds is 6. The van der Waals surface area contributed by atoms with E-state index in [-0.39, 0.29) is 17.0 Å². The predicted molar refractivity (Wildman–Crippen MR) is 177 cm³/mol. The van der Waals surface area contributed by atoms with Gasteiger partial charge in [-0.15, -0.1) is 0 Å². The second kappa shape index (κ2) is 10.1. The summed E-state index contributed by atoms with van der Waals surface area (Å²) in [6.45, 7) is 7.51. The Labute approximate surface area is 259 Å². The number of hydrogen-bond donors (Lipinski definition) is 0. The molecule has 4 aromatic rings. The van der Waals surface area contributed by atoms with Crippen LogP contribution in [0.15, 0.2) is 102 Å². The molecule has 2 heterocycles. The number of allylic oxidation sites excluding steroid dienone is 3. The molecule has 0 saturated heterocycles. The van der Waals surface area contributed by atoms with Crippen LogP contribution in [-0.4, -0.2) is 28.7 Å². The summed E-state index contributed by atoms with van der Waals surface area (Å²) in [5.41, 5.74) is 8.27. The van der Waals surface area contributed by atoms with Crippen molar-refractivity contribution in [3.05, 3.63) is 119 Å². The number of carbonyl (C=O) groups is 1. The van der Waals surface area contributed by atoms with Crippen LogP contribution in [-0.2, 0) is 10.2 Å². The van der Waals surface area contributed by atoms with Crippen LogP contribution in [0.3, 0.4) is 0 Å². The molecular weight excluding hydrogens is 540 g/mol. The first-order chi connectivity index (χ1) is 21.4. The quantitative estimate of drug-likeness (QED) is 0.172. The van der Waals surface area contributed by atoms with Crippen LogP contribution in [0.25, 0.3) is 16.3 Å². The predicted octanol–water partition coefficient (Wildman–Crippen LogP) is 8.08. The Bertz CT molecular complexity index is 1940. The molecule has 0 N–H and O–H groups in total. The van der Waals surface area contributed by atoms with Crippen LogP contribution in [0.4, 0.5) is 17.1 Å². The Kier molecular flexibility index (Phi) is 6.20. The lowest BCUT2D eigenvalue weighted by Gasteiger charge is -2.31. The second-order valence-corrected chi connectivity index (χ2v) is 13.4. The molecule has 0 amide bonds. The molecule has 8 rings (SSSR count). The Morgan fingerprint density at radius 1 is 0.977 bits per heavy atom. The van der Waals surface area contributed by atoms with Crippen molar-refractivity contribution >= 4 is 44.9 Å². The lowest BCUT2D eigenvalue weighted by Crippen LogP contribution is -2.34. The number of anilines is 2. The summed E-state index contributed by atoms with van der Waals surface area (Å²) < 4.78 is 2.35. The molecule has 44 heavy (non-hydrogen) atoms. The van der Waals surface area contributed by atoms with Crippen LogP contribution in [0.2, 0.25) is 0 Å². The molecule has 2 aliphatic heterocycles. The summed E-state index contributed by atoms with van der Waals surface area (Å²) in [4.78, 5) is 16.3. The zero-order valence-corrected chi connectivity index (χ0v) is 25.8. The molecule has 4 heteroatoms. The Balaban J connectivity index is 1.20. The van der Waals surface area contributed by atoms with E-state index in [0.717, 1.165) is 43.5 Å². The number of para-hydroxylation sites is 1. The maximum atomic E-state index is 13.8. The van der Waals surface area contributed by atoms with E-state index in [1.807, 2.05) is 12.1 Å². The Hall–Kier alpha value is -4.44. The number of benzene rings is 4. The van der Waals surface area contributed by atoms with Gasteiger partial charge in [0, 0.05) is 58.6 Å². The monoisotopic (exact) mass is 578 g/mol. The van der Waals surface area contributed by atoms with Gasteiger partial charge < -0.3 is 10.0 Å². The van der Waals surface area contributed by atoms with Gasteiger partial charge in [-0.25, -0.2) is 0 Å². The molecule has 4 nitrogen and oxygen atoms in total. The number of nitrogens with zero attached hydrogens (tertiary/aromatic N) is 2. The van der Waals surface area contributed by atoms with Crippen molar-refractivity contribution in [1.29, 1.82) is 0 Å². The van der Waals surface area contributed by atoms with Gasteiger partial charge in [-0.1, -0.05) is 74.1 Å². The first kappa shape index (κ1) is 27.1. The fourth-order valence-electron chi connectivity index (χ4n) is 8.43. The number of unbranched alkanes of at least 4 members (excludes halogenated alkanes) is 1. The summed E-state index contributed by atoms with van der Waals surface area (Å²) in [6.07, 6.45) is 7.52. The lowest BCUT2D eigenvalue weighted by atomic mass is 9.76. The number of carbonyl (C=O) groups excluding carboxylic acids is 1. The number of fused-ring (bicyclic) bond motifs is 6. The number of hydrogen-bond acceptors (Lipinski definition) is 3. The normalized spacial score (nSPS) is 22.6. The molecule has 1 saturated carbocycles. The van der Waals surface area contributed by atoms with Gasteiger partial charge >= 0.3 is 0 Å². The molecule has 0 bridgehead atoms. The highest BCUT2D eigenvalue weighted by Crippen LogP contribution is 2.53. The van der Waals surface area contributed by atoms with E-state index in [0.29, 0.717) is 23.1 Å². The zero-order valence-electron chi connectivity index (χ0n) is 25.8. The van der Waals surface area contributed by atoms with Crippen molar-refractivity contribution in [3.8, 4) is 0 Å². The standard InChI is InChI=1S/C40H38N2O2/c1-4-5-22-41-34-21-18-25-12-9-10-15-28(25)37(34)40(2,3)35(41)24-31-38(43)36(39(31)44)26-19-20-33-30(23-26)29-16-11-17-32(29)42(33)27-13-7-6-8-14-27/h6-10,12-15,18-21,23-24,29,32H,4-5,11,16-17,22H2,1-3H3. The van der Waals surface area contributed by atoms with Gasteiger partial charge in [0.1, 0.15) is 6.54 Å². The Morgan fingerprint density at radius 2 is 1.77 bits per heavy atom. The third-order valence-electron chi connectivity index (χ3n) is 10.5. The van der Waals surface area contributed by atoms with Crippen LogP contribution in [0, 0.1) is 0 Å². The smallest absolute Gasteiger partial charge is 0.210 e. The Morgan fingerprint density at radius 3 is 2.57 bits per heavy atom. The lowest BCUT2D eigenvalue weighted by molar-refractivity contribution is -0.438. The van der Waals surface area contributed by atoms with Crippen LogP contribution in [0.1, 0.15) is 75.5 Å². The van der Waals surface area contributed by atoms with E-state index < -0.39 is 0 Å².